The topological polar surface area (TPSA) is 4.44 Å². The van der Waals surface area contributed by atoms with Gasteiger partial charge in [0.05, 0.1) is 20.6 Å². The van der Waals surface area contributed by atoms with Crippen molar-refractivity contribution in [3.05, 3.63) is 0 Å². The average molecular weight is 313 g/mol. The SMILES string of the molecule is CCCCCCCCCCCCCC[NH+](C)C.[Cl-].[Cl-]. The van der Waals surface area contributed by atoms with E-state index >= 15 is 0 Å². The van der Waals surface area contributed by atoms with Gasteiger partial charge in [0.2, 0.25) is 0 Å². The maximum atomic E-state index is 2.29. The van der Waals surface area contributed by atoms with E-state index in [0.29, 0.717) is 0 Å². The predicted molar refractivity (Wildman–Crippen MR) is 78.8 cm³/mol. The highest BCUT2D eigenvalue weighted by molar-refractivity contribution is 4.48. The lowest BCUT2D eigenvalue weighted by Gasteiger charge is -2.06. The third kappa shape index (κ3) is 24.0. The fraction of sp³-hybridized carbons (Fsp3) is 1.00. The molecule has 0 amide bonds. The van der Waals surface area contributed by atoms with Crippen LogP contribution < -0.4 is 29.7 Å². The normalized spacial score (nSPS) is 10.1. The highest BCUT2D eigenvalue weighted by Gasteiger charge is 1.95. The Morgan fingerprint density at radius 2 is 0.842 bits per heavy atom. The molecule has 0 aromatic carbocycles. The van der Waals surface area contributed by atoms with Crippen molar-refractivity contribution < 1.29 is 29.7 Å². The summed E-state index contributed by atoms with van der Waals surface area (Å²) in [5.74, 6) is 0. The monoisotopic (exact) mass is 312 g/mol. The van der Waals surface area contributed by atoms with Gasteiger partial charge in [-0.05, 0) is 12.8 Å². The molecule has 1 N–H and O–H groups in total. The van der Waals surface area contributed by atoms with E-state index in [9.17, 15) is 0 Å². The molecule has 0 spiro atoms. The summed E-state index contributed by atoms with van der Waals surface area (Å²) >= 11 is 0. The molecule has 0 bridgehead atoms. The zero-order valence-corrected chi connectivity index (χ0v) is 15.0. The Labute approximate surface area is 134 Å². The van der Waals surface area contributed by atoms with Crippen molar-refractivity contribution in [2.45, 2.75) is 84.0 Å². The predicted octanol–water partition coefficient (Wildman–Crippen LogP) is -2.16. The van der Waals surface area contributed by atoms with Crippen LogP contribution in [-0.4, -0.2) is 20.6 Å². The summed E-state index contributed by atoms with van der Waals surface area (Å²) in [5, 5.41) is 0. The van der Waals surface area contributed by atoms with Crippen LogP contribution in [0.4, 0.5) is 0 Å². The highest BCUT2D eigenvalue weighted by Crippen LogP contribution is 2.11. The van der Waals surface area contributed by atoms with Gasteiger partial charge in [-0.3, -0.25) is 0 Å². The summed E-state index contributed by atoms with van der Waals surface area (Å²) in [5.41, 5.74) is 0. The summed E-state index contributed by atoms with van der Waals surface area (Å²) in [4.78, 5) is 1.59. The Morgan fingerprint density at radius 3 is 1.16 bits per heavy atom. The van der Waals surface area contributed by atoms with Gasteiger partial charge < -0.3 is 29.7 Å². The van der Waals surface area contributed by atoms with E-state index in [-0.39, 0.29) is 24.8 Å². The Kier molecular flexibility index (Phi) is 26.9. The molecule has 0 rings (SSSR count). The van der Waals surface area contributed by atoms with Crippen molar-refractivity contribution in [1.29, 1.82) is 0 Å². The summed E-state index contributed by atoms with van der Waals surface area (Å²) < 4.78 is 0. The molecule has 19 heavy (non-hydrogen) atoms. The number of nitrogens with one attached hydrogen (secondary N) is 1. The number of halogens is 2. The molecule has 0 aliphatic carbocycles. The lowest BCUT2D eigenvalue weighted by atomic mass is 10.1. The van der Waals surface area contributed by atoms with Crippen LogP contribution in [0.1, 0.15) is 84.0 Å². The largest absolute Gasteiger partial charge is 1.00 e. The van der Waals surface area contributed by atoms with Crippen LogP contribution in [0.15, 0.2) is 0 Å². The first kappa shape index (κ1) is 24.6. The van der Waals surface area contributed by atoms with Crippen molar-refractivity contribution in [3.63, 3.8) is 0 Å². The van der Waals surface area contributed by atoms with Crippen LogP contribution in [0, 0.1) is 0 Å². The molecule has 3 heteroatoms. The van der Waals surface area contributed by atoms with Crippen molar-refractivity contribution in [1.82, 2.24) is 0 Å². The zero-order chi connectivity index (χ0) is 12.8. The summed E-state index contributed by atoms with van der Waals surface area (Å²) in [6, 6.07) is 0. The minimum absolute atomic E-state index is 0. The molecule has 0 saturated heterocycles. The van der Waals surface area contributed by atoms with Crippen molar-refractivity contribution in [3.8, 4) is 0 Å². The number of quaternary nitrogens is 1. The Hall–Kier alpha value is 0.540. The van der Waals surface area contributed by atoms with Gasteiger partial charge >= 0.3 is 0 Å². The molecule has 120 valence electrons. The van der Waals surface area contributed by atoms with Gasteiger partial charge in [-0.1, -0.05) is 71.1 Å². The van der Waals surface area contributed by atoms with Crippen LogP contribution in [0.2, 0.25) is 0 Å². The van der Waals surface area contributed by atoms with Gasteiger partial charge in [0.1, 0.15) is 0 Å². The molecule has 0 aromatic rings. The maximum absolute atomic E-state index is 2.29. The molecule has 0 aliphatic rings. The van der Waals surface area contributed by atoms with E-state index in [1.165, 1.54) is 83.6 Å². The molecule has 0 aromatic heterocycles. The first-order valence-electron chi connectivity index (χ1n) is 8.06. The summed E-state index contributed by atoms with van der Waals surface area (Å²) in [6.07, 6.45) is 17.4. The van der Waals surface area contributed by atoms with Crippen LogP contribution in [0.3, 0.4) is 0 Å². The smallest absolute Gasteiger partial charge is 0.0766 e. The third-order valence-corrected chi connectivity index (χ3v) is 3.53. The van der Waals surface area contributed by atoms with Crippen LogP contribution in [0.5, 0.6) is 0 Å². The first-order chi connectivity index (χ1) is 8.27. The van der Waals surface area contributed by atoms with Gasteiger partial charge in [-0.25, -0.2) is 0 Å². The minimum atomic E-state index is 0. The molecule has 0 unspecified atom stereocenters. The molecule has 0 radical (unpaired) electrons. The van der Waals surface area contributed by atoms with Crippen molar-refractivity contribution in [2.24, 2.45) is 0 Å². The Bertz CT molecular complexity index is 141. The van der Waals surface area contributed by atoms with Crippen molar-refractivity contribution >= 4 is 0 Å². The summed E-state index contributed by atoms with van der Waals surface area (Å²) in [6.45, 7) is 3.63. The molecule has 0 fully saturated rings. The van der Waals surface area contributed by atoms with E-state index in [0.717, 1.165) is 0 Å². The molecule has 0 saturated carbocycles. The second-order valence-corrected chi connectivity index (χ2v) is 5.85. The lowest BCUT2D eigenvalue weighted by Crippen LogP contribution is -3.05. The van der Waals surface area contributed by atoms with E-state index in [4.69, 9.17) is 0 Å². The van der Waals surface area contributed by atoms with E-state index < -0.39 is 0 Å². The third-order valence-electron chi connectivity index (χ3n) is 3.53. The maximum Gasteiger partial charge on any atom is 0.0766 e. The van der Waals surface area contributed by atoms with Crippen LogP contribution in [-0.2, 0) is 0 Å². The number of rotatable bonds is 13. The standard InChI is InChI=1S/C16H35N.2ClH/c1-4-5-6-7-8-9-10-11-12-13-14-15-16-17(2)3;;/h4-16H2,1-3H3;2*1H/p-1. The molecular formula is C16H36Cl2N-. The molecule has 0 aliphatic heterocycles. The van der Waals surface area contributed by atoms with Crippen LogP contribution in [0.25, 0.3) is 0 Å². The molecule has 0 heterocycles. The quantitative estimate of drug-likeness (QED) is 0.370. The van der Waals surface area contributed by atoms with E-state index in [2.05, 4.69) is 21.0 Å². The van der Waals surface area contributed by atoms with Gasteiger partial charge in [0, 0.05) is 0 Å². The van der Waals surface area contributed by atoms with Crippen molar-refractivity contribution in [2.75, 3.05) is 20.6 Å². The molecular weight excluding hydrogens is 277 g/mol. The number of unbranched alkanes of at least 4 members (excludes halogenated alkanes) is 11. The second kappa shape index (κ2) is 20.8. The fourth-order valence-electron chi connectivity index (χ4n) is 2.32. The minimum Gasteiger partial charge on any atom is -1.00 e. The Balaban J connectivity index is -0.00000128. The van der Waals surface area contributed by atoms with E-state index in [1.807, 2.05) is 0 Å². The van der Waals surface area contributed by atoms with Gasteiger partial charge in [0.15, 0.2) is 0 Å². The van der Waals surface area contributed by atoms with Gasteiger partial charge in [0.25, 0.3) is 0 Å². The number of hydrogen-bond donors (Lipinski definition) is 1. The Morgan fingerprint density at radius 1 is 0.526 bits per heavy atom. The fourth-order valence-corrected chi connectivity index (χ4v) is 2.32. The number of hydrogen-bond acceptors (Lipinski definition) is 0. The van der Waals surface area contributed by atoms with Gasteiger partial charge in [-0.2, -0.15) is 0 Å². The van der Waals surface area contributed by atoms with Gasteiger partial charge in [-0.15, -0.1) is 0 Å². The molecule has 1 nitrogen and oxygen atoms in total. The summed E-state index contributed by atoms with van der Waals surface area (Å²) in [7, 11) is 4.50. The highest BCUT2D eigenvalue weighted by atomic mass is 35.5. The second-order valence-electron chi connectivity index (χ2n) is 5.85. The molecule has 0 atom stereocenters. The van der Waals surface area contributed by atoms with Crippen LogP contribution >= 0.6 is 0 Å². The lowest BCUT2D eigenvalue weighted by molar-refractivity contribution is -0.858. The van der Waals surface area contributed by atoms with E-state index in [1.54, 1.807) is 4.90 Å². The average Bonchev–Trinajstić information content (AvgIpc) is 2.30. The zero-order valence-electron chi connectivity index (χ0n) is 13.4. The first-order valence-corrected chi connectivity index (χ1v) is 8.06.